The lowest BCUT2D eigenvalue weighted by atomic mass is 9.96. The van der Waals surface area contributed by atoms with Crippen LogP contribution in [0, 0.1) is 5.41 Å². The monoisotopic (exact) mass is 440 g/mol. The lowest BCUT2D eigenvalue weighted by molar-refractivity contribution is -0.152. The Morgan fingerprint density at radius 2 is 0.806 bits per heavy atom. The Kier molecular flexibility index (Phi) is 20.1. The standard InChI is InChI=1S/C27H52O4/c1-5-7-9-11-13-15-17-19-21-25(28)30-23-27(3,4)24-31-26(29)22-20-18-16-14-12-10-8-6-2/h5-24H2,1-4H3. The summed E-state index contributed by atoms with van der Waals surface area (Å²) in [6.45, 7) is 9.01. The van der Waals surface area contributed by atoms with E-state index in [4.69, 9.17) is 9.47 Å². The molecule has 31 heavy (non-hydrogen) atoms. The van der Waals surface area contributed by atoms with Crippen molar-refractivity contribution in [1.82, 2.24) is 0 Å². The first kappa shape index (κ1) is 29.9. The van der Waals surface area contributed by atoms with Crippen molar-refractivity contribution < 1.29 is 19.1 Å². The lowest BCUT2D eigenvalue weighted by Crippen LogP contribution is -2.28. The van der Waals surface area contributed by atoms with Gasteiger partial charge in [0.25, 0.3) is 0 Å². The molecule has 4 nitrogen and oxygen atoms in total. The van der Waals surface area contributed by atoms with E-state index in [9.17, 15) is 9.59 Å². The van der Waals surface area contributed by atoms with Gasteiger partial charge in [0.2, 0.25) is 0 Å². The van der Waals surface area contributed by atoms with Gasteiger partial charge >= 0.3 is 11.9 Å². The molecule has 0 rings (SSSR count). The smallest absolute Gasteiger partial charge is 0.305 e. The summed E-state index contributed by atoms with van der Waals surface area (Å²) in [4.78, 5) is 23.9. The van der Waals surface area contributed by atoms with Crippen LogP contribution in [0.5, 0.6) is 0 Å². The summed E-state index contributed by atoms with van der Waals surface area (Å²) in [5.74, 6) is -0.270. The molecule has 4 heteroatoms. The molecule has 0 aromatic carbocycles. The van der Waals surface area contributed by atoms with Crippen LogP contribution in [0.4, 0.5) is 0 Å². The average molecular weight is 441 g/mol. The predicted octanol–water partition coefficient (Wildman–Crippen LogP) is 8.16. The number of ether oxygens (including phenoxy) is 2. The minimum Gasteiger partial charge on any atom is -0.465 e. The molecule has 0 saturated carbocycles. The fourth-order valence-electron chi connectivity index (χ4n) is 3.54. The summed E-state index contributed by atoms with van der Waals surface area (Å²) in [7, 11) is 0. The zero-order chi connectivity index (χ0) is 23.2. The first-order valence-corrected chi connectivity index (χ1v) is 13.2. The maximum absolute atomic E-state index is 12.0. The highest BCUT2D eigenvalue weighted by Gasteiger charge is 2.22. The Balaban J connectivity index is 3.64. The van der Waals surface area contributed by atoms with E-state index in [-0.39, 0.29) is 17.4 Å². The summed E-state index contributed by atoms with van der Waals surface area (Å²) in [6.07, 6.45) is 20.4. The predicted molar refractivity (Wildman–Crippen MR) is 130 cm³/mol. The first-order valence-electron chi connectivity index (χ1n) is 13.2. The Bertz CT molecular complexity index is 393. The van der Waals surface area contributed by atoms with Crippen LogP contribution in [-0.4, -0.2) is 25.2 Å². The van der Waals surface area contributed by atoms with Gasteiger partial charge in [-0.1, -0.05) is 118 Å². The minimum absolute atomic E-state index is 0.135. The maximum Gasteiger partial charge on any atom is 0.305 e. The summed E-state index contributed by atoms with van der Waals surface area (Å²) >= 11 is 0. The molecular weight excluding hydrogens is 388 g/mol. The summed E-state index contributed by atoms with van der Waals surface area (Å²) in [5, 5.41) is 0. The third-order valence-corrected chi connectivity index (χ3v) is 5.72. The fourth-order valence-corrected chi connectivity index (χ4v) is 3.54. The van der Waals surface area contributed by atoms with Gasteiger partial charge in [-0.05, 0) is 12.8 Å². The molecule has 0 saturated heterocycles. The van der Waals surface area contributed by atoms with Crippen LogP contribution in [0.25, 0.3) is 0 Å². The van der Waals surface area contributed by atoms with Gasteiger partial charge in [0.15, 0.2) is 0 Å². The zero-order valence-corrected chi connectivity index (χ0v) is 21.3. The Labute approximate surface area is 193 Å². The molecule has 0 atom stereocenters. The number of carbonyl (C=O) groups is 2. The fraction of sp³-hybridized carbons (Fsp3) is 0.926. The van der Waals surface area contributed by atoms with Crippen LogP contribution in [0.1, 0.15) is 143 Å². The molecule has 0 aliphatic rings. The van der Waals surface area contributed by atoms with Crippen LogP contribution in [0.3, 0.4) is 0 Å². The zero-order valence-electron chi connectivity index (χ0n) is 21.3. The van der Waals surface area contributed by atoms with E-state index in [2.05, 4.69) is 13.8 Å². The minimum atomic E-state index is -0.343. The highest BCUT2D eigenvalue weighted by Crippen LogP contribution is 2.18. The van der Waals surface area contributed by atoms with Gasteiger partial charge in [-0.15, -0.1) is 0 Å². The van der Waals surface area contributed by atoms with Gasteiger partial charge in [-0.3, -0.25) is 9.59 Å². The molecule has 0 aromatic heterocycles. The number of hydrogen-bond acceptors (Lipinski definition) is 4. The highest BCUT2D eigenvalue weighted by atomic mass is 16.5. The van der Waals surface area contributed by atoms with Crippen molar-refractivity contribution >= 4 is 11.9 Å². The molecule has 184 valence electrons. The van der Waals surface area contributed by atoms with Crippen molar-refractivity contribution in [1.29, 1.82) is 0 Å². The van der Waals surface area contributed by atoms with E-state index in [0.29, 0.717) is 26.1 Å². The van der Waals surface area contributed by atoms with E-state index in [0.717, 1.165) is 25.7 Å². The topological polar surface area (TPSA) is 52.6 Å². The number of rotatable bonds is 22. The molecule has 0 N–H and O–H groups in total. The Morgan fingerprint density at radius 1 is 0.516 bits per heavy atom. The Hall–Kier alpha value is -1.06. The molecular formula is C27H52O4. The highest BCUT2D eigenvalue weighted by molar-refractivity contribution is 5.69. The third kappa shape index (κ3) is 21.9. The number of hydrogen-bond donors (Lipinski definition) is 0. The van der Waals surface area contributed by atoms with E-state index in [1.165, 1.54) is 77.0 Å². The van der Waals surface area contributed by atoms with Gasteiger partial charge < -0.3 is 9.47 Å². The molecule has 0 unspecified atom stereocenters. The maximum atomic E-state index is 12.0. The molecule has 0 heterocycles. The number of esters is 2. The third-order valence-electron chi connectivity index (χ3n) is 5.72. The summed E-state index contributed by atoms with van der Waals surface area (Å²) in [5.41, 5.74) is -0.343. The van der Waals surface area contributed by atoms with Crippen LogP contribution in [0.15, 0.2) is 0 Å². The molecule has 0 spiro atoms. The van der Waals surface area contributed by atoms with Crippen LogP contribution >= 0.6 is 0 Å². The van der Waals surface area contributed by atoms with Gasteiger partial charge in [0.05, 0.1) is 13.2 Å². The second kappa shape index (κ2) is 20.8. The van der Waals surface area contributed by atoms with E-state index < -0.39 is 0 Å². The van der Waals surface area contributed by atoms with E-state index in [1.807, 2.05) is 13.8 Å². The molecule has 0 fully saturated rings. The van der Waals surface area contributed by atoms with Crippen molar-refractivity contribution in [3.05, 3.63) is 0 Å². The van der Waals surface area contributed by atoms with E-state index in [1.54, 1.807) is 0 Å². The Morgan fingerprint density at radius 3 is 1.13 bits per heavy atom. The SMILES string of the molecule is CCCCCCCCCCC(=O)OCC(C)(C)COC(=O)CCCCCCCCCC. The van der Waals surface area contributed by atoms with Crippen molar-refractivity contribution in [3.63, 3.8) is 0 Å². The number of carbonyl (C=O) groups excluding carboxylic acids is 2. The van der Waals surface area contributed by atoms with Crippen LogP contribution in [0.2, 0.25) is 0 Å². The quantitative estimate of drug-likeness (QED) is 0.126. The normalized spacial score (nSPS) is 11.5. The average Bonchev–Trinajstić information content (AvgIpc) is 2.75. The van der Waals surface area contributed by atoms with Crippen LogP contribution < -0.4 is 0 Å². The molecule has 0 aliphatic heterocycles. The second-order valence-electron chi connectivity index (χ2n) is 9.94. The van der Waals surface area contributed by atoms with Crippen LogP contribution in [-0.2, 0) is 19.1 Å². The second-order valence-corrected chi connectivity index (χ2v) is 9.94. The molecule has 0 bridgehead atoms. The largest absolute Gasteiger partial charge is 0.465 e. The van der Waals surface area contributed by atoms with Gasteiger partial charge in [0.1, 0.15) is 0 Å². The van der Waals surface area contributed by atoms with Crippen molar-refractivity contribution in [2.75, 3.05) is 13.2 Å². The number of unbranched alkanes of at least 4 members (excludes halogenated alkanes) is 14. The molecule has 0 amide bonds. The van der Waals surface area contributed by atoms with Crippen molar-refractivity contribution in [2.45, 2.75) is 143 Å². The van der Waals surface area contributed by atoms with Crippen molar-refractivity contribution in [2.24, 2.45) is 5.41 Å². The first-order chi connectivity index (χ1) is 14.9. The molecule has 0 aromatic rings. The molecule has 0 aliphatic carbocycles. The van der Waals surface area contributed by atoms with Gasteiger partial charge in [-0.25, -0.2) is 0 Å². The summed E-state index contributed by atoms with van der Waals surface area (Å²) < 4.78 is 10.8. The molecule has 0 radical (unpaired) electrons. The lowest BCUT2D eigenvalue weighted by Gasteiger charge is -2.23. The van der Waals surface area contributed by atoms with Gasteiger partial charge in [0, 0.05) is 18.3 Å². The van der Waals surface area contributed by atoms with Gasteiger partial charge in [-0.2, -0.15) is 0 Å². The van der Waals surface area contributed by atoms with E-state index >= 15 is 0 Å². The summed E-state index contributed by atoms with van der Waals surface area (Å²) in [6, 6.07) is 0. The van der Waals surface area contributed by atoms with Crippen molar-refractivity contribution in [3.8, 4) is 0 Å².